The molecule has 8 heteroatoms. The van der Waals surface area contributed by atoms with Gasteiger partial charge in [0.2, 0.25) is 5.91 Å². The first-order chi connectivity index (χ1) is 7.38. The highest BCUT2D eigenvalue weighted by atomic mass is 35.5. The van der Waals surface area contributed by atoms with Crippen LogP contribution in [0.15, 0.2) is 0 Å². The molecule has 1 fully saturated rings. The molecule has 0 aliphatic carbocycles. The number of halogens is 4. The van der Waals surface area contributed by atoms with Crippen molar-refractivity contribution in [2.45, 2.75) is 6.18 Å². The lowest BCUT2D eigenvalue weighted by Crippen LogP contribution is -2.49. The molecular formula is C9H17ClF3N3O. The van der Waals surface area contributed by atoms with Crippen LogP contribution in [0.1, 0.15) is 0 Å². The second kappa shape index (κ2) is 7.03. The molecule has 1 heterocycles. The number of hydrogen-bond donors (Lipinski definition) is 1. The van der Waals surface area contributed by atoms with E-state index in [1.54, 1.807) is 4.90 Å². The topological polar surface area (TPSA) is 35.6 Å². The van der Waals surface area contributed by atoms with Gasteiger partial charge in [-0.05, 0) is 7.05 Å². The summed E-state index contributed by atoms with van der Waals surface area (Å²) in [5.41, 5.74) is 0. The lowest BCUT2D eigenvalue weighted by molar-refractivity contribution is -0.149. The fourth-order valence-electron chi connectivity index (χ4n) is 1.61. The summed E-state index contributed by atoms with van der Waals surface area (Å²) in [5.74, 6) is -0.242. The summed E-state index contributed by atoms with van der Waals surface area (Å²) in [4.78, 5) is 14.2. The van der Waals surface area contributed by atoms with E-state index in [-0.39, 0.29) is 24.9 Å². The van der Waals surface area contributed by atoms with Crippen LogP contribution in [0.5, 0.6) is 0 Å². The third-order valence-corrected chi connectivity index (χ3v) is 2.32. The minimum atomic E-state index is -4.25. The monoisotopic (exact) mass is 275 g/mol. The minimum absolute atomic E-state index is 0. The van der Waals surface area contributed by atoms with Gasteiger partial charge in [0.15, 0.2) is 0 Å². The molecule has 0 saturated carbocycles. The second-order valence-electron chi connectivity index (χ2n) is 3.92. The van der Waals surface area contributed by atoms with E-state index in [4.69, 9.17) is 0 Å². The first-order valence-electron chi connectivity index (χ1n) is 5.12. The normalized spacial score (nSPS) is 16.9. The highest BCUT2D eigenvalue weighted by Crippen LogP contribution is 2.15. The van der Waals surface area contributed by atoms with Gasteiger partial charge in [0, 0.05) is 26.2 Å². The first-order valence-corrected chi connectivity index (χ1v) is 5.12. The largest absolute Gasteiger partial charge is 0.401 e. The summed E-state index contributed by atoms with van der Waals surface area (Å²) in [7, 11) is 1.30. The van der Waals surface area contributed by atoms with E-state index < -0.39 is 12.7 Å². The SMILES string of the molecule is CN(CC(=O)N1CCNCC1)CC(F)(F)F.Cl. The van der Waals surface area contributed by atoms with Crippen LogP contribution < -0.4 is 5.32 Å². The van der Waals surface area contributed by atoms with Crippen LogP contribution in [0.2, 0.25) is 0 Å². The zero-order valence-corrected chi connectivity index (χ0v) is 10.4. The Labute approximate surface area is 105 Å². The van der Waals surface area contributed by atoms with Gasteiger partial charge in [-0.1, -0.05) is 0 Å². The molecule has 0 unspecified atom stereocenters. The maximum Gasteiger partial charge on any atom is 0.401 e. The molecule has 1 rings (SSSR count). The number of carbonyl (C=O) groups is 1. The van der Waals surface area contributed by atoms with Crippen molar-refractivity contribution in [1.82, 2.24) is 15.1 Å². The molecule has 0 atom stereocenters. The second-order valence-corrected chi connectivity index (χ2v) is 3.92. The molecule has 0 aromatic rings. The fraction of sp³-hybridized carbons (Fsp3) is 0.889. The van der Waals surface area contributed by atoms with Crippen molar-refractivity contribution in [2.24, 2.45) is 0 Å². The van der Waals surface area contributed by atoms with Crippen LogP contribution in [-0.2, 0) is 4.79 Å². The van der Waals surface area contributed by atoms with Crippen molar-refractivity contribution >= 4 is 18.3 Å². The van der Waals surface area contributed by atoms with Crippen LogP contribution in [0.3, 0.4) is 0 Å². The highest BCUT2D eigenvalue weighted by Gasteiger charge is 2.30. The summed E-state index contributed by atoms with van der Waals surface area (Å²) in [6.07, 6.45) is -4.25. The third-order valence-electron chi connectivity index (χ3n) is 2.32. The molecule has 1 saturated heterocycles. The predicted octanol–water partition coefficient (Wildman–Crippen LogP) is 0.334. The van der Waals surface area contributed by atoms with E-state index in [1.807, 2.05) is 0 Å². The number of carbonyl (C=O) groups excluding carboxylic acids is 1. The lowest BCUT2D eigenvalue weighted by Gasteiger charge is -2.29. The van der Waals surface area contributed by atoms with Crippen LogP contribution in [0, 0.1) is 0 Å². The quantitative estimate of drug-likeness (QED) is 0.807. The summed E-state index contributed by atoms with van der Waals surface area (Å²) in [6.45, 7) is 1.31. The Balaban J connectivity index is 0.00000256. The summed E-state index contributed by atoms with van der Waals surface area (Å²) < 4.78 is 36.1. The zero-order chi connectivity index (χ0) is 12.2. The molecule has 0 bridgehead atoms. The Morgan fingerprint density at radius 2 is 1.88 bits per heavy atom. The number of hydrogen-bond acceptors (Lipinski definition) is 3. The van der Waals surface area contributed by atoms with Gasteiger partial charge >= 0.3 is 6.18 Å². The Morgan fingerprint density at radius 1 is 1.35 bits per heavy atom. The molecule has 1 aliphatic heterocycles. The van der Waals surface area contributed by atoms with E-state index in [0.717, 1.165) is 4.90 Å². The van der Waals surface area contributed by atoms with Gasteiger partial charge in [0.05, 0.1) is 13.1 Å². The van der Waals surface area contributed by atoms with Gasteiger partial charge in [0.1, 0.15) is 0 Å². The van der Waals surface area contributed by atoms with Crippen LogP contribution in [0.4, 0.5) is 13.2 Å². The van der Waals surface area contributed by atoms with Gasteiger partial charge in [-0.3, -0.25) is 9.69 Å². The average Bonchev–Trinajstić information content (AvgIpc) is 2.16. The van der Waals surface area contributed by atoms with Gasteiger partial charge in [-0.15, -0.1) is 12.4 Å². The van der Waals surface area contributed by atoms with Crippen molar-refractivity contribution in [3.8, 4) is 0 Å². The molecule has 102 valence electrons. The molecule has 0 aromatic carbocycles. The molecule has 17 heavy (non-hydrogen) atoms. The number of amides is 1. The van der Waals surface area contributed by atoms with E-state index in [0.29, 0.717) is 26.2 Å². The van der Waals surface area contributed by atoms with E-state index in [9.17, 15) is 18.0 Å². The van der Waals surface area contributed by atoms with Gasteiger partial charge in [-0.25, -0.2) is 0 Å². The maximum absolute atomic E-state index is 12.0. The molecule has 0 spiro atoms. The van der Waals surface area contributed by atoms with Gasteiger partial charge in [-0.2, -0.15) is 13.2 Å². The standard InChI is InChI=1S/C9H16F3N3O.ClH/c1-14(7-9(10,11)12)6-8(16)15-4-2-13-3-5-15;/h13H,2-7H2,1H3;1H. The maximum atomic E-state index is 12.0. The van der Waals surface area contributed by atoms with Crippen molar-refractivity contribution in [3.05, 3.63) is 0 Å². The smallest absolute Gasteiger partial charge is 0.339 e. The van der Waals surface area contributed by atoms with E-state index in [2.05, 4.69) is 5.32 Å². The molecule has 0 aromatic heterocycles. The number of rotatable bonds is 3. The Kier molecular flexibility index (Phi) is 6.81. The summed E-state index contributed by atoms with van der Waals surface area (Å²) in [6, 6.07) is 0. The molecule has 1 N–H and O–H groups in total. The van der Waals surface area contributed by atoms with E-state index >= 15 is 0 Å². The van der Waals surface area contributed by atoms with Gasteiger partial charge in [0.25, 0.3) is 0 Å². The molecule has 1 aliphatic rings. The summed E-state index contributed by atoms with van der Waals surface area (Å²) in [5, 5.41) is 3.07. The number of piperazine rings is 1. The number of alkyl halides is 3. The minimum Gasteiger partial charge on any atom is -0.339 e. The predicted molar refractivity (Wildman–Crippen MR) is 60.2 cm³/mol. The Morgan fingerprint density at radius 3 is 2.35 bits per heavy atom. The molecule has 4 nitrogen and oxygen atoms in total. The fourth-order valence-corrected chi connectivity index (χ4v) is 1.61. The Bertz CT molecular complexity index is 244. The van der Waals surface area contributed by atoms with Crippen LogP contribution in [0.25, 0.3) is 0 Å². The third kappa shape index (κ3) is 6.70. The lowest BCUT2D eigenvalue weighted by atomic mass is 10.3. The Hall–Kier alpha value is -0.530. The average molecular weight is 276 g/mol. The number of nitrogens with one attached hydrogen (secondary N) is 1. The molecule has 1 amide bonds. The molecule has 0 radical (unpaired) electrons. The van der Waals surface area contributed by atoms with Crippen molar-refractivity contribution in [2.75, 3.05) is 46.3 Å². The first kappa shape index (κ1) is 16.5. The zero-order valence-electron chi connectivity index (χ0n) is 9.59. The highest BCUT2D eigenvalue weighted by molar-refractivity contribution is 5.85. The van der Waals surface area contributed by atoms with Crippen molar-refractivity contribution < 1.29 is 18.0 Å². The summed E-state index contributed by atoms with van der Waals surface area (Å²) >= 11 is 0. The number of nitrogens with zero attached hydrogens (tertiary/aromatic N) is 2. The van der Waals surface area contributed by atoms with Gasteiger partial charge < -0.3 is 10.2 Å². The van der Waals surface area contributed by atoms with Crippen LogP contribution in [-0.4, -0.2) is 68.2 Å². The van der Waals surface area contributed by atoms with E-state index in [1.165, 1.54) is 7.05 Å². The molecular weight excluding hydrogens is 259 g/mol. The number of likely N-dealkylation sites (N-methyl/N-ethyl adjacent to an activating group) is 1. The van der Waals surface area contributed by atoms with Crippen molar-refractivity contribution in [1.29, 1.82) is 0 Å². The van der Waals surface area contributed by atoms with Crippen molar-refractivity contribution in [3.63, 3.8) is 0 Å². The van der Waals surface area contributed by atoms with Crippen LogP contribution >= 0.6 is 12.4 Å².